The SMILES string of the molecule is Cc1cnccc1Cn1cncc1[C@H](C)NC(=O)OC(C)(C)C. The average Bonchev–Trinajstić information content (AvgIpc) is 2.87. The van der Waals surface area contributed by atoms with E-state index in [9.17, 15) is 4.79 Å². The van der Waals surface area contributed by atoms with Gasteiger partial charge in [0.05, 0.1) is 24.3 Å². The number of alkyl carbamates (subject to hydrolysis) is 1. The van der Waals surface area contributed by atoms with Crippen LogP contribution < -0.4 is 5.32 Å². The largest absolute Gasteiger partial charge is 0.444 e. The highest BCUT2D eigenvalue weighted by Crippen LogP contribution is 2.16. The predicted octanol–water partition coefficient (Wildman–Crippen LogP) is 3.22. The van der Waals surface area contributed by atoms with Crippen molar-refractivity contribution in [1.29, 1.82) is 0 Å². The van der Waals surface area contributed by atoms with Crippen LogP contribution in [0.15, 0.2) is 31.0 Å². The van der Waals surface area contributed by atoms with Gasteiger partial charge in [0.1, 0.15) is 5.60 Å². The molecule has 0 aromatic carbocycles. The third-order valence-electron chi connectivity index (χ3n) is 3.40. The number of carbonyl (C=O) groups is 1. The average molecular weight is 316 g/mol. The van der Waals surface area contributed by atoms with E-state index in [1.807, 2.05) is 51.4 Å². The van der Waals surface area contributed by atoms with Gasteiger partial charge in [0.15, 0.2) is 0 Å². The third kappa shape index (κ3) is 4.81. The fourth-order valence-electron chi connectivity index (χ4n) is 2.25. The van der Waals surface area contributed by atoms with Crippen LogP contribution in [-0.4, -0.2) is 26.2 Å². The third-order valence-corrected chi connectivity index (χ3v) is 3.40. The molecule has 2 heterocycles. The number of amides is 1. The zero-order valence-electron chi connectivity index (χ0n) is 14.3. The molecule has 0 spiro atoms. The minimum absolute atomic E-state index is 0.200. The predicted molar refractivity (Wildman–Crippen MR) is 88.1 cm³/mol. The number of pyridine rings is 1. The van der Waals surface area contributed by atoms with Crippen molar-refractivity contribution in [1.82, 2.24) is 19.9 Å². The molecule has 0 aliphatic carbocycles. The molecule has 124 valence electrons. The number of carbonyl (C=O) groups excluding carboxylic acids is 1. The molecule has 2 rings (SSSR count). The molecule has 0 aliphatic rings. The summed E-state index contributed by atoms with van der Waals surface area (Å²) in [6, 6.07) is 1.79. The molecular weight excluding hydrogens is 292 g/mol. The van der Waals surface area contributed by atoms with Crippen LogP contribution in [0.3, 0.4) is 0 Å². The van der Waals surface area contributed by atoms with Crippen molar-refractivity contribution in [3.05, 3.63) is 47.8 Å². The molecule has 0 bridgehead atoms. The van der Waals surface area contributed by atoms with Gasteiger partial charge in [-0.3, -0.25) is 4.98 Å². The number of aryl methyl sites for hydroxylation is 1. The molecule has 0 saturated carbocycles. The highest BCUT2D eigenvalue weighted by molar-refractivity contribution is 5.68. The highest BCUT2D eigenvalue weighted by atomic mass is 16.6. The molecule has 0 unspecified atom stereocenters. The summed E-state index contributed by atoms with van der Waals surface area (Å²) in [6.45, 7) is 10.2. The summed E-state index contributed by atoms with van der Waals surface area (Å²) in [6.07, 6.45) is 6.72. The molecule has 2 aromatic heterocycles. The van der Waals surface area contributed by atoms with Crippen LogP contribution in [0.2, 0.25) is 0 Å². The second-order valence-electron chi connectivity index (χ2n) is 6.62. The van der Waals surface area contributed by atoms with E-state index >= 15 is 0 Å². The highest BCUT2D eigenvalue weighted by Gasteiger charge is 2.20. The summed E-state index contributed by atoms with van der Waals surface area (Å²) in [5.41, 5.74) is 2.70. The number of imidazole rings is 1. The van der Waals surface area contributed by atoms with Gasteiger partial charge in [-0.2, -0.15) is 0 Å². The van der Waals surface area contributed by atoms with E-state index in [1.165, 1.54) is 5.56 Å². The van der Waals surface area contributed by atoms with Crippen LogP contribution in [-0.2, 0) is 11.3 Å². The zero-order valence-corrected chi connectivity index (χ0v) is 14.3. The van der Waals surface area contributed by atoms with Gasteiger partial charge in [-0.1, -0.05) is 0 Å². The quantitative estimate of drug-likeness (QED) is 0.940. The van der Waals surface area contributed by atoms with Gasteiger partial charge in [-0.05, 0) is 51.8 Å². The van der Waals surface area contributed by atoms with Crippen LogP contribution in [0.4, 0.5) is 4.79 Å². The summed E-state index contributed by atoms with van der Waals surface area (Å²) in [5.74, 6) is 0. The molecule has 6 nitrogen and oxygen atoms in total. The number of ether oxygens (including phenoxy) is 1. The van der Waals surface area contributed by atoms with Crippen molar-refractivity contribution in [3.8, 4) is 0 Å². The second-order valence-corrected chi connectivity index (χ2v) is 6.62. The minimum atomic E-state index is -0.516. The molecule has 0 saturated heterocycles. The summed E-state index contributed by atoms with van der Waals surface area (Å²) >= 11 is 0. The van der Waals surface area contributed by atoms with E-state index in [1.54, 1.807) is 18.7 Å². The lowest BCUT2D eigenvalue weighted by atomic mass is 10.1. The zero-order chi connectivity index (χ0) is 17.0. The Kier molecular flexibility index (Phi) is 5.03. The van der Waals surface area contributed by atoms with Crippen LogP contribution >= 0.6 is 0 Å². The van der Waals surface area contributed by atoms with Crippen LogP contribution in [0.1, 0.15) is 50.6 Å². The van der Waals surface area contributed by atoms with Crippen LogP contribution in [0.5, 0.6) is 0 Å². The summed E-state index contributed by atoms with van der Waals surface area (Å²) in [4.78, 5) is 20.2. The summed E-state index contributed by atoms with van der Waals surface area (Å²) in [7, 11) is 0. The number of nitrogens with zero attached hydrogens (tertiary/aromatic N) is 3. The Labute approximate surface area is 136 Å². The molecule has 1 atom stereocenters. The van der Waals surface area contributed by atoms with E-state index in [4.69, 9.17) is 4.74 Å². The first-order chi connectivity index (χ1) is 10.8. The van der Waals surface area contributed by atoms with Gasteiger partial charge in [0, 0.05) is 18.9 Å². The smallest absolute Gasteiger partial charge is 0.408 e. The molecule has 2 aromatic rings. The van der Waals surface area contributed by atoms with Gasteiger partial charge >= 0.3 is 6.09 Å². The number of hydrogen-bond acceptors (Lipinski definition) is 4. The topological polar surface area (TPSA) is 69.0 Å². The maximum atomic E-state index is 11.9. The molecule has 23 heavy (non-hydrogen) atoms. The Morgan fingerprint density at radius 2 is 2.09 bits per heavy atom. The number of nitrogens with one attached hydrogen (secondary N) is 1. The summed E-state index contributed by atoms with van der Waals surface area (Å²) in [5, 5.41) is 2.85. The molecule has 1 amide bonds. The normalized spacial score (nSPS) is 12.7. The van der Waals surface area contributed by atoms with Gasteiger partial charge in [0.25, 0.3) is 0 Å². The Bertz CT molecular complexity index is 673. The lowest BCUT2D eigenvalue weighted by Gasteiger charge is -2.22. The fourth-order valence-corrected chi connectivity index (χ4v) is 2.25. The van der Waals surface area contributed by atoms with E-state index in [-0.39, 0.29) is 6.04 Å². The van der Waals surface area contributed by atoms with Crippen molar-refractivity contribution >= 4 is 6.09 Å². The second kappa shape index (κ2) is 6.81. The molecule has 6 heteroatoms. The van der Waals surface area contributed by atoms with Gasteiger partial charge in [0.2, 0.25) is 0 Å². The van der Waals surface area contributed by atoms with Crippen LogP contribution in [0.25, 0.3) is 0 Å². The first kappa shape index (κ1) is 17.0. The lowest BCUT2D eigenvalue weighted by molar-refractivity contribution is 0.0506. The minimum Gasteiger partial charge on any atom is -0.444 e. The Balaban J connectivity index is 2.08. The molecule has 0 fully saturated rings. The Morgan fingerprint density at radius 3 is 2.74 bits per heavy atom. The monoisotopic (exact) mass is 316 g/mol. The maximum Gasteiger partial charge on any atom is 0.408 e. The van der Waals surface area contributed by atoms with Crippen molar-refractivity contribution < 1.29 is 9.53 Å². The van der Waals surface area contributed by atoms with E-state index in [0.717, 1.165) is 11.3 Å². The van der Waals surface area contributed by atoms with Gasteiger partial charge in [-0.15, -0.1) is 0 Å². The Hall–Kier alpha value is -2.37. The number of aromatic nitrogens is 3. The van der Waals surface area contributed by atoms with Crippen molar-refractivity contribution in [3.63, 3.8) is 0 Å². The maximum absolute atomic E-state index is 11.9. The Morgan fingerprint density at radius 1 is 1.35 bits per heavy atom. The van der Waals surface area contributed by atoms with E-state index in [2.05, 4.69) is 15.3 Å². The number of rotatable bonds is 4. The lowest BCUT2D eigenvalue weighted by Crippen LogP contribution is -2.34. The van der Waals surface area contributed by atoms with E-state index < -0.39 is 11.7 Å². The standard InChI is InChI=1S/C17H24N4O2/c1-12-8-18-7-6-14(12)10-21-11-19-9-15(21)13(2)20-16(22)23-17(3,4)5/h6-9,11,13H,10H2,1-5H3,(H,20,22)/t13-/m0/s1. The van der Waals surface area contributed by atoms with Crippen molar-refractivity contribution in [2.75, 3.05) is 0 Å². The van der Waals surface area contributed by atoms with Crippen LogP contribution in [0, 0.1) is 6.92 Å². The fraction of sp³-hybridized carbons (Fsp3) is 0.471. The molecular formula is C17H24N4O2. The van der Waals surface area contributed by atoms with Gasteiger partial charge < -0.3 is 14.6 Å². The molecule has 0 radical (unpaired) electrons. The first-order valence-corrected chi connectivity index (χ1v) is 7.65. The number of hydrogen-bond donors (Lipinski definition) is 1. The summed E-state index contributed by atoms with van der Waals surface area (Å²) < 4.78 is 7.31. The molecule has 1 N–H and O–H groups in total. The van der Waals surface area contributed by atoms with Gasteiger partial charge in [-0.25, -0.2) is 9.78 Å². The van der Waals surface area contributed by atoms with Crippen molar-refractivity contribution in [2.45, 2.75) is 52.8 Å². The van der Waals surface area contributed by atoms with E-state index in [0.29, 0.717) is 6.54 Å². The van der Waals surface area contributed by atoms with Crippen molar-refractivity contribution in [2.24, 2.45) is 0 Å². The molecule has 0 aliphatic heterocycles. The first-order valence-electron chi connectivity index (χ1n) is 7.65.